The van der Waals surface area contributed by atoms with Gasteiger partial charge in [0.1, 0.15) is 9.81 Å². The molecule has 17 heteroatoms. The van der Waals surface area contributed by atoms with Crippen molar-refractivity contribution in [3.05, 3.63) is 153 Å². The molecule has 264 valence electrons. The third-order valence-electron chi connectivity index (χ3n) is 7.89. The van der Waals surface area contributed by atoms with Crippen molar-refractivity contribution in [3.8, 4) is 0 Å². The van der Waals surface area contributed by atoms with Crippen molar-refractivity contribution in [3.63, 3.8) is 0 Å². The smallest absolute Gasteiger partial charge is 0.323 e. The largest absolute Gasteiger partial charge is 0.384 e. The SMILES string of the molecule is O=C(Nc1cccc(C(=O)N=C2C=CC(S(=O)(=O)O)=C3C2=CC=CC3O)c1)Nc1cccc(C(=O)N=C2C=CC(S(=O)(=O)O)=C3C2=CC=CC3O)c1. The first-order valence-corrected chi connectivity index (χ1v) is 18.0. The van der Waals surface area contributed by atoms with Gasteiger partial charge in [0.15, 0.2) is 0 Å². The predicted octanol–water partition coefficient (Wildman–Crippen LogP) is 3.63. The van der Waals surface area contributed by atoms with Crippen LogP contribution in [0.25, 0.3) is 0 Å². The molecule has 6 rings (SSSR count). The van der Waals surface area contributed by atoms with E-state index in [-0.39, 0.29) is 56.2 Å². The minimum absolute atomic E-state index is 0.0376. The summed E-state index contributed by atoms with van der Waals surface area (Å²) in [5.74, 6) is -1.51. The lowest BCUT2D eigenvalue weighted by molar-refractivity contribution is 0.0994. The number of aliphatic hydroxyl groups excluding tert-OH is 2. The van der Waals surface area contributed by atoms with Crippen molar-refractivity contribution >= 4 is 60.9 Å². The Hall–Kier alpha value is -5.95. The van der Waals surface area contributed by atoms with Gasteiger partial charge in [0.25, 0.3) is 32.1 Å². The van der Waals surface area contributed by atoms with Gasteiger partial charge in [-0.1, -0.05) is 48.6 Å². The van der Waals surface area contributed by atoms with Crippen LogP contribution < -0.4 is 10.6 Å². The van der Waals surface area contributed by atoms with E-state index in [1.807, 2.05) is 0 Å². The second kappa shape index (κ2) is 14.0. The number of carbonyl (C=O) groups excluding carboxylic acids is 3. The lowest BCUT2D eigenvalue weighted by Gasteiger charge is -2.23. The van der Waals surface area contributed by atoms with E-state index >= 15 is 0 Å². The first-order valence-electron chi connectivity index (χ1n) is 15.1. The van der Waals surface area contributed by atoms with Gasteiger partial charge in [-0.15, -0.1) is 0 Å². The molecule has 4 aliphatic carbocycles. The van der Waals surface area contributed by atoms with Crippen LogP contribution in [0.15, 0.2) is 151 Å². The van der Waals surface area contributed by atoms with Crippen LogP contribution in [0.3, 0.4) is 0 Å². The fraction of sp³-hybridized carbons (Fsp3) is 0.0571. The molecule has 2 atom stereocenters. The van der Waals surface area contributed by atoms with E-state index in [1.54, 1.807) is 0 Å². The summed E-state index contributed by atoms with van der Waals surface area (Å²) in [4.78, 5) is 46.2. The van der Waals surface area contributed by atoms with E-state index in [4.69, 9.17) is 0 Å². The molecule has 6 N–H and O–H groups in total. The molecule has 15 nitrogen and oxygen atoms in total. The van der Waals surface area contributed by atoms with E-state index in [9.17, 15) is 50.5 Å². The zero-order valence-electron chi connectivity index (χ0n) is 26.4. The molecule has 0 saturated heterocycles. The average molecular weight is 743 g/mol. The van der Waals surface area contributed by atoms with Gasteiger partial charge in [-0.2, -0.15) is 16.8 Å². The number of anilines is 2. The molecule has 0 aromatic heterocycles. The Kier molecular flexibility index (Phi) is 9.65. The number of aliphatic hydroxyl groups is 2. The molecular weight excluding hydrogens is 717 g/mol. The quantitative estimate of drug-likeness (QED) is 0.233. The van der Waals surface area contributed by atoms with Gasteiger partial charge in [0.05, 0.1) is 23.6 Å². The molecular formula is C35H26N4O11S2. The number of nitrogens with zero attached hydrogens (tertiary/aromatic N) is 2. The summed E-state index contributed by atoms with van der Waals surface area (Å²) in [5, 5.41) is 25.9. The summed E-state index contributed by atoms with van der Waals surface area (Å²) < 4.78 is 66.7. The molecule has 4 amide bonds. The lowest BCUT2D eigenvalue weighted by Crippen LogP contribution is -2.24. The zero-order valence-corrected chi connectivity index (χ0v) is 28.0. The molecule has 2 aromatic rings. The molecule has 4 aliphatic rings. The molecule has 52 heavy (non-hydrogen) atoms. The van der Waals surface area contributed by atoms with Gasteiger partial charge < -0.3 is 20.8 Å². The van der Waals surface area contributed by atoms with Gasteiger partial charge >= 0.3 is 6.03 Å². The first-order chi connectivity index (χ1) is 24.6. The Morgan fingerprint density at radius 2 is 1.02 bits per heavy atom. The fourth-order valence-electron chi connectivity index (χ4n) is 5.62. The van der Waals surface area contributed by atoms with Gasteiger partial charge in [-0.05, 0) is 60.7 Å². The number of urea groups is 1. The molecule has 0 saturated carbocycles. The summed E-state index contributed by atoms with van der Waals surface area (Å²) in [6.45, 7) is 0. The Labute approximate surface area is 296 Å². The normalized spacial score (nSPS) is 21.1. The van der Waals surface area contributed by atoms with Crippen molar-refractivity contribution in [2.75, 3.05) is 10.6 Å². The highest BCUT2D eigenvalue weighted by atomic mass is 32.2. The number of fused-ring (bicyclic) bond motifs is 2. The van der Waals surface area contributed by atoms with Crippen LogP contribution >= 0.6 is 0 Å². The molecule has 0 spiro atoms. The molecule has 2 unspecified atom stereocenters. The number of benzene rings is 2. The predicted molar refractivity (Wildman–Crippen MR) is 191 cm³/mol. The number of carbonyl (C=O) groups is 3. The standard InChI is InChI=1S/C35H26N4O11S2/c40-27-11-3-9-23-25(13-15-29(31(23)27)51(45,46)47)38-33(42)19-5-1-7-21(17-19)36-35(44)37-22-8-2-6-20(18-22)34(43)39-26-14-16-30(52(48,49)50)32-24(26)10-4-12-28(32)41/h1-18,27-28,40-41H,(H2,36,37,44)(H,45,46,47)(H,48,49,50). The van der Waals surface area contributed by atoms with Crippen LogP contribution in [0, 0.1) is 0 Å². The van der Waals surface area contributed by atoms with Crippen molar-refractivity contribution in [1.29, 1.82) is 0 Å². The second-order valence-corrected chi connectivity index (χ2v) is 14.1. The monoisotopic (exact) mass is 742 g/mol. The Morgan fingerprint density at radius 1 is 0.615 bits per heavy atom. The number of aliphatic imine (C=N–C) groups is 2. The van der Waals surface area contributed by atoms with Gasteiger partial charge in [-0.25, -0.2) is 14.8 Å². The fourth-order valence-corrected chi connectivity index (χ4v) is 7.12. The first kappa shape index (κ1) is 35.9. The molecule has 0 heterocycles. The third kappa shape index (κ3) is 7.54. The number of rotatable bonds is 6. The molecule has 0 fully saturated rings. The minimum atomic E-state index is -4.69. The average Bonchev–Trinajstić information content (AvgIpc) is 3.08. The summed E-state index contributed by atoms with van der Waals surface area (Å²) in [5.41, 5.74) is 0.571. The number of nitrogens with one attached hydrogen (secondary N) is 2. The van der Waals surface area contributed by atoms with Crippen LogP contribution in [-0.4, -0.2) is 77.6 Å². The summed E-state index contributed by atoms with van der Waals surface area (Å²) in [7, 11) is -9.37. The Bertz CT molecular complexity index is 2330. The number of hydrogen-bond donors (Lipinski definition) is 6. The maximum atomic E-state index is 13.1. The second-order valence-electron chi connectivity index (χ2n) is 11.3. The maximum Gasteiger partial charge on any atom is 0.323 e. The number of hydrogen-bond acceptors (Lipinski definition) is 9. The summed E-state index contributed by atoms with van der Waals surface area (Å²) in [6, 6.07) is 10.8. The highest BCUT2D eigenvalue weighted by Gasteiger charge is 2.32. The van der Waals surface area contributed by atoms with Crippen molar-refractivity contribution in [2.45, 2.75) is 12.2 Å². The van der Waals surface area contributed by atoms with E-state index in [0.29, 0.717) is 0 Å². The lowest BCUT2D eigenvalue weighted by atomic mass is 9.88. The van der Waals surface area contributed by atoms with E-state index in [2.05, 4.69) is 20.6 Å². The molecule has 0 aliphatic heterocycles. The van der Waals surface area contributed by atoms with E-state index in [0.717, 1.165) is 12.2 Å². The third-order valence-corrected chi connectivity index (χ3v) is 9.71. The van der Waals surface area contributed by atoms with Crippen molar-refractivity contribution in [1.82, 2.24) is 0 Å². The van der Waals surface area contributed by atoms with Crippen LogP contribution in [0.5, 0.6) is 0 Å². The van der Waals surface area contributed by atoms with Gasteiger partial charge in [0, 0.05) is 44.8 Å². The van der Waals surface area contributed by atoms with Gasteiger partial charge in [0.2, 0.25) is 0 Å². The Morgan fingerprint density at radius 3 is 1.40 bits per heavy atom. The van der Waals surface area contributed by atoms with E-state index in [1.165, 1.54) is 97.1 Å². The van der Waals surface area contributed by atoms with Crippen molar-refractivity contribution < 1.29 is 50.5 Å². The highest BCUT2D eigenvalue weighted by Crippen LogP contribution is 2.33. The topological polar surface area (TPSA) is 249 Å². The van der Waals surface area contributed by atoms with Crippen molar-refractivity contribution in [2.24, 2.45) is 9.98 Å². The number of allylic oxidation sites excluding steroid dienone is 8. The minimum Gasteiger partial charge on any atom is -0.384 e. The molecule has 0 bridgehead atoms. The zero-order chi connectivity index (χ0) is 37.4. The number of amides is 4. The highest BCUT2D eigenvalue weighted by molar-refractivity contribution is 7.90. The molecule has 0 radical (unpaired) electrons. The van der Waals surface area contributed by atoms with Crippen LogP contribution in [0.2, 0.25) is 0 Å². The Balaban J connectivity index is 1.15. The van der Waals surface area contributed by atoms with Gasteiger partial charge in [-0.3, -0.25) is 18.7 Å². The molecule has 2 aromatic carbocycles. The van der Waals surface area contributed by atoms with Crippen LogP contribution in [0.4, 0.5) is 16.2 Å². The van der Waals surface area contributed by atoms with E-state index < -0.39 is 60.1 Å². The summed E-state index contributed by atoms with van der Waals surface area (Å²) >= 11 is 0. The van der Waals surface area contributed by atoms with Crippen LogP contribution in [0.1, 0.15) is 20.7 Å². The summed E-state index contributed by atoms with van der Waals surface area (Å²) in [6.07, 6.45) is 10.2. The maximum absolute atomic E-state index is 13.1. The van der Waals surface area contributed by atoms with Crippen LogP contribution in [-0.2, 0) is 20.2 Å².